The van der Waals surface area contributed by atoms with Gasteiger partial charge in [-0.2, -0.15) is 4.39 Å². The summed E-state index contributed by atoms with van der Waals surface area (Å²) in [6.07, 6.45) is 1.62. The third-order valence-corrected chi connectivity index (χ3v) is 3.72. The maximum atomic E-state index is 14.2. The van der Waals surface area contributed by atoms with Crippen molar-refractivity contribution in [2.45, 2.75) is 18.9 Å². The molecule has 0 bridgehead atoms. The van der Waals surface area contributed by atoms with Gasteiger partial charge < -0.3 is 10.1 Å². The van der Waals surface area contributed by atoms with Gasteiger partial charge in [-0.05, 0) is 23.8 Å². The minimum Gasteiger partial charge on any atom is -0.464 e. The van der Waals surface area contributed by atoms with Crippen LogP contribution in [0.3, 0.4) is 0 Å². The summed E-state index contributed by atoms with van der Waals surface area (Å²) in [5.74, 6) is -2.27. The summed E-state index contributed by atoms with van der Waals surface area (Å²) < 4.78 is 32.6. The standard InChI is InChI=1S/C17H14F2N2O3/c18-13-8-10(9-15(22)21-14-5-7-24-17(14)23)3-4-11(13)12-2-1-6-20-16(12)19/h1-4,6,8,14H,5,7,9H2,(H,21,22)/t14-/m1/s1. The molecule has 1 atom stereocenters. The van der Waals surface area contributed by atoms with Gasteiger partial charge in [-0.1, -0.05) is 12.1 Å². The van der Waals surface area contributed by atoms with E-state index in [0.29, 0.717) is 12.0 Å². The molecular weight excluding hydrogens is 318 g/mol. The predicted molar refractivity (Wildman–Crippen MR) is 80.8 cm³/mol. The average Bonchev–Trinajstić information content (AvgIpc) is 2.93. The number of cyclic esters (lactones) is 1. The van der Waals surface area contributed by atoms with Crippen molar-refractivity contribution >= 4 is 11.9 Å². The monoisotopic (exact) mass is 332 g/mol. The number of hydrogen-bond donors (Lipinski definition) is 1. The Morgan fingerprint density at radius 1 is 1.29 bits per heavy atom. The second-order valence-corrected chi connectivity index (χ2v) is 5.41. The fourth-order valence-corrected chi connectivity index (χ4v) is 2.53. The number of ether oxygens (including phenoxy) is 1. The van der Waals surface area contributed by atoms with Crippen molar-refractivity contribution in [1.82, 2.24) is 10.3 Å². The molecule has 2 aromatic rings. The van der Waals surface area contributed by atoms with Crippen LogP contribution in [-0.4, -0.2) is 29.5 Å². The Morgan fingerprint density at radius 2 is 2.12 bits per heavy atom. The zero-order valence-corrected chi connectivity index (χ0v) is 12.6. The van der Waals surface area contributed by atoms with Crippen molar-refractivity contribution in [3.63, 3.8) is 0 Å². The van der Waals surface area contributed by atoms with Crippen LogP contribution in [0.4, 0.5) is 8.78 Å². The third-order valence-electron chi connectivity index (χ3n) is 3.72. The number of esters is 1. The molecular formula is C17H14F2N2O3. The highest BCUT2D eigenvalue weighted by atomic mass is 19.1. The maximum Gasteiger partial charge on any atom is 0.328 e. The minimum atomic E-state index is -0.762. The highest BCUT2D eigenvalue weighted by molar-refractivity contribution is 5.86. The quantitative estimate of drug-likeness (QED) is 0.687. The molecule has 5 nitrogen and oxygen atoms in total. The fraction of sp³-hybridized carbons (Fsp3) is 0.235. The molecule has 0 saturated carbocycles. The molecule has 1 aromatic heterocycles. The van der Waals surface area contributed by atoms with Gasteiger partial charge in [0, 0.05) is 23.7 Å². The molecule has 0 radical (unpaired) electrons. The van der Waals surface area contributed by atoms with Gasteiger partial charge in [0.2, 0.25) is 11.9 Å². The van der Waals surface area contributed by atoms with Gasteiger partial charge in [-0.3, -0.25) is 4.79 Å². The Balaban J connectivity index is 1.72. The third kappa shape index (κ3) is 3.40. The smallest absolute Gasteiger partial charge is 0.328 e. The number of aromatic nitrogens is 1. The molecule has 1 amide bonds. The Labute approximate surface area is 136 Å². The normalized spacial score (nSPS) is 16.8. The number of amides is 1. The fourth-order valence-electron chi connectivity index (χ4n) is 2.53. The van der Waals surface area contributed by atoms with E-state index >= 15 is 0 Å². The van der Waals surface area contributed by atoms with Crippen molar-refractivity contribution in [2.75, 3.05) is 6.61 Å². The summed E-state index contributed by atoms with van der Waals surface area (Å²) in [4.78, 5) is 26.7. The molecule has 24 heavy (non-hydrogen) atoms. The first-order valence-electron chi connectivity index (χ1n) is 7.40. The Hall–Kier alpha value is -2.83. The first-order valence-corrected chi connectivity index (χ1v) is 7.40. The van der Waals surface area contributed by atoms with Gasteiger partial charge in [0.15, 0.2) is 0 Å². The summed E-state index contributed by atoms with van der Waals surface area (Å²) >= 11 is 0. The minimum absolute atomic E-state index is 0.0553. The number of benzene rings is 1. The summed E-state index contributed by atoms with van der Waals surface area (Å²) in [6.45, 7) is 0.282. The van der Waals surface area contributed by atoms with Crippen molar-refractivity contribution in [3.05, 3.63) is 53.9 Å². The van der Waals surface area contributed by atoms with Gasteiger partial charge in [-0.25, -0.2) is 14.2 Å². The zero-order chi connectivity index (χ0) is 17.1. The number of nitrogens with zero attached hydrogens (tertiary/aromatic N) is 1. The van der Waals surface area contributed by atoms with Crippen LogP contribution in [0.5, 0.6) is 0 Å². The molecule has 1 fully saturated rings. The molecule has 7 heteroatoms. The molecule has 1 saturated heterocycles. The zero-order valence-electron chi connectivity index (χ0n) is 12.6. The van der Waals surface area contributed by atoms with Gasteiger partial charge in [-0.15, -0.1) is 0 Å². The van der Waals surface area contributed by atoms with Crippen molar-refractivity contribution in [2.24, 2.45) is 0 Å². The van der Waals surface area contributed by atoms with Crippen LogP contribution >= 0.6 is 0 Å². The largest absolute Gasteiger partial charge is 0.464 e. The molecule has 0 aliphatic carbocycles. The molecule has 1 aromatic carbocycles. The molecule has 124 valence electrons. The number of carbonyl (C=O) groups excluding carboxylic acids is 2. The lowest BCUT2D eigenvalue weighted by atomic mass is 10.0. The lowest BCUT2D eigenvalue weighted by molar-refractivity contribution is -0.141. The Morgan fingerprint density at radius 3 is 2.79 bits per heavy atom. The first kappa shape index (κ1) is 16.0. The second-order valence-electron chi connectivity index (χ2n) is 5.41. The van der Waals surface area contributed by atoms with E-state index in [2.05, 4.69) is 10.3 Å². The number of pyridine rings is 1. The van der Waals surface area contributed by atoms with E-state index in [9.17, 15) is 18.4 Å². The van der Waals surface area contributed by atoms with Crippen molar-refractivity contribution in [1.29, 1.82) is 0 Å². The van der Waals surface area contributed by atoms with E-state index in [-0.39, 0.29) is 24.2 Å². The summed E-state index contributed by atoms with van der Waals surface area (Å²) in [5, 5.41) is 2.55. The van der Waals surface area contributed by atoms with Crippen molar-refractivity contribution in [3.8, 4) is 11.1 Å². The SMILES string of the molecule is O=C(Cc1ccc(-c2cccnc2F)c(F)c1)N[C@@H]1CCOC1=O. The summed E-state index contributed by atoms with van der Waals surface area (Å²) in [6, 6.07) is 6.41. The van der Waals surface area contributed by atoms with Gasteiger partial charge in [0.05, 0.1) is 13.0 Å². The van der Waals surface area contributed by atoms with E-state index in [1.807, 2.05) is 0 Å². The van der Waals surface area contributed by atoms with Gasteiger partial charge in [0.1, 0.15) is 11.9 Å². The van der Waals surface area contributed by atoms with Crippen LogP contribution < -0.4 is 5.32 Å². The highest BCUT2D eigenvalue weighted by Crippen LogP contribution is 2.25. The Bertz CT molecular complexity index is 795. The predicted octanol–water partition coefficient (Wildman–Crippen LogP) is 2.00. The summed E-state index contributed by atoms with van der Waals surface area (Å²) in [5.41, 5.74) is 0.549. The summed E-state index contributed by atoms with van der Waals surface area (Å²) in [7, 11) is 0. The van der Waals surface area contributed by atoms with E-state index < -0.39 is 29.7 Å². The van der Waals surface area contributed by atoms with Crippen LogP contribution in [-0.2, 0) is 20.7 Å². The lowest BCUT2D eigenvalue weighted by Crippen LogP contribution is -2.38. The van der Waals surface area contributed by atoms with Crippen LogP contribution in [0.1, 0.15) is 12.0 Å². The molecule has 1 aliphatic heterocycles. The maximum absolute atomic E-state index is 14.2. The molecule has 2 heterocycles. The van der Waals surface area contributed by atoms with Gasteiger partial charge in [0.25, 0.3) is 0 Å². The van der Waals surface area contributed by atoms with E-state index in [1.54, 1.807) is 0 Å². The van der Waals surface area contributed by atoms with Crippen LogP contribution in [0.25, 0.3) is 11.1 Å². The molecule has 0 spiro atoms. The highest BCUT2D eigenvalue weighted by Gasteiger charge is 2.27. The first-order chi connectivity index (χ1) is 11.5. The number of halogens is 2. The molecule has 3 rings (SSSR count). The van der Waals surface area contributed by atoms with E-state index in [4.69, 9.17) is 4.74 Å². The van der Waals surface area contributed by atoms with E-state index in [0.717, 1.165) is 0 Å². The van der Waals surface area contributed by atoms with Gasteiger partial charge >= 0.3 is 5.97 Å². The average molecular weight is 332 g/mol. The van der Waals surface area contributed by atoms with Crippen molar-refractivity contribution < 1.29 is 23.1 Å². The topological polar surface area (TPSA) is 68.3 Å². The molecule has 1 N–H and O–H groups in total. The molecule has 0 unspecified atom stereocenters. The Kier molecular flexibility index (Phi) is 4.50. The number of rotatable bonds is 4. The van der Waals surface area contributed by atoms with Crippen LogP contribution in [0.15, 0.2) is 36.5 Å². The lowest BCUT2D eigenvalue weighted by Gasteiger charge is -2.10. The number of carbonyl (C=O) groups is 2. The number of nitrogens with one attached hydrogen (secondary N) is 1. The molecule has 1 aliphatic rings. The van der Waals surface area contributed by atoms with Crippen LogP contribution in [0.2, 0.25) is 0 Å². The van der Waals surface area contributed by atoms with E-state index in [1.165, 1.54) is 36.5 Å². The second kappa shape index (κ2) is 6.74. The van der Waals surface area contributed by atoms with Crippen LogP contribution in [0, 0.1) is 11.8 Å². The number of hydrogen-bond acceptors (Lipinski definition) is 4.